The second-order valence-electron chi connectivity index (χ2n) is 4.61. The lowest BCUT2D eigenvalue weighted by atomic mass is 10.1. The van der Waals surface area contributed by atoms with Crippen molar-refractivity contribution in [3.63, 3.8) is 0 Å². The molecule has 0 saturated heterocycles. The molecule has 0 aromatic heterocycles. The van der Waals surface area contributed by atoms with Gasteiger partial charge in [0.25, 0.3) is 5.91 Å². The molecule has 104 valence electrons. The van der Waals surface area contributed by atoms with Crippen LogP contribution in [0.4, 0.5) is 15.8 Å². The third-order valence-electron chi connectivity index (χ3n) is 3.04. The second-order valence-corrected chi connectivity index (χ2v) is 5.01. The van der Waals surface area contributed by atoms with Gasteiger partial charge >= 0.3 is 0 Å². The van der Waals surface area contributed by atoms with Crippen molar-refractivity contribution in [2.24, 2.45) is 0 Å². The van der Waals surface area contributed by atoms with E-state index >= 15 is 0 Å². The minimum absolute atomic E-state index is 0.0854. The predicted molar refractivity (Wildman–Crippen MR) is 79.7 cm³/mol. The molecule has 2 aromatic rings. The van der Waals surface area contributed by atoms with Gasteiger partial charge in [-0.05, 0) is 49.2 Å². The summed E-state index contributed by atoms with van der Waals surface area (Å²) in [6.45, 7) is 3.77. The second kappa shape index (κ2) is 5.51. The van der Waals surface area contributed by atoms with Crippen LogP contribution >= 0.6 is 11.6 Å². The molecule has 3 nitrogen and oxygen atoms in total. The Hall–Kier alpha value is -2.07. The molecule has 0 radical (unpaired) electrons. The zero-order valence-corrected chi connectivity index (χ0v) is 11.9. The molecule has 1 amide bonds. The topological polar surface area (TPSA) is 55.1 Å². The van der Waals surface area contributed by atoms with Gasteiger partial charge in [-0.25, -0.2) is 4.39 Å². The standard InChI is InChI=1S/C15H14ClFN2O/c1-8-5-9(2)14(7-13(8)18)19-15(20)10-3-4-12(17)11(16)6-10/h3-7H,18H2,1-2H3,(H,19,20). The number of hydrogen-bond acceptors (Lipinski definition) is 2. The van der Waals surface area contributed by atoms with E-state index in [4.69, 9.17) is 17.3 Å². The monoisotopic (exact) mass is 292 g/mol. The van der Waals surface area contributed by atoms with Crippen molar-refractivity contribution < 1.29 is 9.18 Å². The van der Waals surface area contributed by atoms with Crippen LogP contribution in [-0.2, 0) is 0 Å². The first-order chi connectivity index (χ1) is 9.38. The number of halogens is 2. The summed E-state index contributed by atoms with van der Waals surface area (Å²) in [5, 5.41) is 2.66. The third kappa shape index (κ3) is 2.91. The normalized spacial score (nSPS) is 10.4. The fourth-order valence-corrected chi connectivity index (χ4v) is 2.02. The molecule has 0 unspecified atom stereocenters. The highest BCUT2D eigenvalue weighted by molar-refractivity contribution is 6.31. The van der Waals surface area contributed by atoms with Crippen molar-refractivity contribution in [1.82, 2.24) is 0 Å². The molecule has 0 fully saturated rings. The van der Waals surface area contributed by atoms with E-state index in [0.29, 0.717) is 11.4 Å². The van der Waals surface area contributed by atoms with Crippen molar-refractivity contribution >= 4 is 28.9 Å². The summed E-state index contributed by atoms with van der Waals surface area (Å²) in [4.78, 5) is 12.1. The van der Waals surface area contributed by atoms with E-state index in [0.717, 1.165) is 17.2 Å². The molecule has 2 aromatic carbocycles. The summed E-state index contributed by atoms with van der Waals surface area (Å²) in [5.74, 6) is -0.919. The molecule has 3 N–H and O–H groups in total. The Balaban J connectivity index is 2.27. The average molecular weight is 293 g/mol. The largest absolute Gasteiger partial charge is 0.398 e. The maximum absolute atomic E-state index is 13.1. The number of benzene rings is 2. The zero-order valence-electron chi connectivity index (χ0n) is 11.1. The van der Waals surface area contributed by atoms with Crippen molar-refractivity contribution in [3.8, 4) is 0 Å². The molecule has 0 aliphatic carbocycles. The van der Waals surface area contributed by atoms with Crippen LogP contribution in [0.25, 0.3) is 0 Å². The zero-order chi connectivity index (χ0) is 14.9. The lowest BCUT2D eigenvalue weighted by molar-refractivity contribution is 0.102. The average Bonchev–Trinajstić information content (AvgIpc) is 2.39. The van der Waals surface area contributed by atoms with E-state index in [1.807, 2.05) is 19.9 Å². The van der Waals surface area contributed by atoms with Gasteiger partial charge < -0.3 is 11.1 Å². The van der Waals surface area contributed by atoms with Gasteiger partial charge in [0.1, 0.15) is 5.82 Å². The van der Waals surface area contributed by atoms with Crippen LogP contribution in [0.5, 0.6) is 0 Å². The Morgan fingerprint density at radius 1 is 1.20 bits per heavy atom. The van der Waals surface area contributed by atoms with E-state index in [9.17, 15) is 9.18 Å². The van der Waals surface area contributed by atoms with Crippen molar-refractivity contribution in [3.05, 3.63) is 57.9 Å². The van der Waals surface area contributed by atoms with Crippen LogP contribution in [0.2, 0.25) is 5.02 Å². The Kier molecular flexibility index (Phi) is 3.95. The van der Waals surface area contributed by atoms with Crippen LogP contribution in [-0.4, -0.2) is 5.91 Å². The Labute approximate surface area is 121 Å². The number of rotatable bonds is 2. The maximum atomic E-state index is 13.1. The molecule has 2 rings (SSSR count). The number of nitrogen functional groups attached to an aromatic ring is 1. The summed E-state index contributed by atoms with van der Waals surface area (Å²) in [5.41, 5.74) is 9.19. The fraction of sp³-hybridized carbons (Fsp3) is 0.133. The van der Waals surface area contributed by atoms with Gasteiger partial charge in [0.05, 0.1) is 5.02 Å². The first-order valence-electron chi connectivity index (χ1n) is 6.01. The summed E-state index contributed by atoms with van der Waals surface area (Å²) >= 11 is 5.66. The number of carbonyl (C=O) groups excluding carboxylic acids is 1. The molecule has 5 heteroatoms. The fourth-order valence-electron chi connectivity index (χ4n) is 1.84. The smallest absolute Gasteiger partial charge is 0.255 e. The van der Waals surface area contributed by atoms with Crippen LogP contribution < -0.4 is 11.1 Å². The van der Waals surface area contributed by atoms with E-state index < -0.39 is 5.82 Å². The van der Waals surface area contributed by atoms with Crippen LogP contribution in [0.1, 0.15) is 21.5 Å². The van der Waals surface area contributed by atoms with E-state index in [1.165, 1.54) is 12.1 Å². The van der Waals surface area contributed by atoms with Crippen molar-refractivity contribution in [2.45, 2.75) is 13.8 Å². The number of anilines is 2. The van der Waals surface area contributed by atoms with E-state index in [-0.39, 0.29) is 16.5 Å². The molecular formula is C15H14ClFN2O. The third-order valence-corrected chi connectivity index (χ3v) is 3.33. The summed E-state index contributed by atoms with van der Waals surface area (Å²) < 4.78 is 13.1. The molecule has 0 atom stereocenters. The van der Waals surface area contributed by atoms with Gasteiger partial charge in [-0.3, -0.25) is 4.79 Å². The van der Waals surface area contributed by atoms with Crippen LogP contribution in [0.15, 0.2) is 30.3 Å². The molecule has 0 heterocycles. The summed E-state index contributed by atoms with van der Waals surface area (Å²) in [6.07, 6.45) is 0. The summed E-state index contributed by atoms with van der Waals surface area (Å²) in [7, 11) is 0. The van der Waals surface area contributed by atoms with Gasteiger partial charge in [0.15, 0.2) is 0 Å². The Bertz CT molecular complexity index is 686. The van der Waals surface area contributed by atoms with Gasteiger partial charge in [0.2, 0.25) is 0 Å². The van der Waals surface area contributed by atoms with Gasteiger partial charge in [-0.2, -0.15) is 0 Å². The molecular weight excluding hydrogens is 279 g/mol. The molecule has 0 spiro atoms. The molecule has 20 heavy (non-hydrogen) atoms. The lowest BCUT2D eigenvalue weighted by Crippen LogP contribution is -2.13. The lowest BCUT2D eigenvalue weighted by Gasteiger charge is -2.11. The van der Waals surface area contributed by atoms with Gasteiger partial charge in [-0.1, -0.05) is 17.7 Å². The van der Waals surface area contributed by atoms with E-state index in [1.54, 1.807) is 6.07 Å². The van der Waals surface area contributed by atoms with Crippen molar-refractivity contribution in [2.75, 3.05) is 11.1 Å². The first kappa shape index (κ1) is 14.3. The molecule has 0 saturated carbocycles. The molecule has 0 aliphatic rings. The number of nitrogens with two attached hydrogens (primary N) is 1. The molecule has 0 bridgehead atoms. The minimum Gasteiger partial charge on any atom is -0.398 e. The number of carbonyl (C=O) groups is 1. The van der Waals surface area contributed by atoms with E-state index in [2.05, 4.69) is 5.32 Å². The quantitative estimate of drug-likeness (QED) is 0.824. The maximum Gasteiger partial charge on any atom is 0.255 e. The Morgan fingerprint density at radius 2 is 1.90 bits per heavy atom. The SMILES string of the molecule is Cc1cc(C)c(NC(=O)c2ccc(F)c(Cl)c2)cc1N. The Morgan fingerprint density at radius 3 is 2.55 bits per heavy atom. The highest BCUT2D eigenvalue weighted by Crippen LogP contribution is 2.23. The van der Waals surface area contributed by atoms with Crippen LogP contribution in [0.3, 0.4) is 0 Å². The summed E-state index contributed by atoms with van der Waals surface area (Å²) in [6, 6.07) is 7.42. The number of nitrogens with one attached hydrogen (secondary N) is 1. The number of amides is 1. The minimum atomic E-state index is -0.557. The highest BCUT2D eigenvalue weighted by atomic mass is 35.5. The first-order valence-corrected chi connectivity index (χ1v) is 6.39. The predicted octanol–water partition coefficient (Wildman–Crippen LogP) is 3.93. The number of hydrogen-bond donors (Lipinski definition) is 2. The molecule has 0 aliphatic heterocycles. The van der Waals surface area contributed by atoms with Gasteiger partial charge in [-0.15, -0.1) is 0 Å². The van der Waals surface area contributed by atoms with Crippen LogP contribution in [0, 0.1) is 19.7 Å². The van der Waals surface area contributed by atoms with Gasteiger partial charge in [0, 0.05) is 16.9 Å². The number of aryl methyl sites for hydroxylation is 2. The van der Waals surface area contributed by atoms with Crippen molar-refractivity contribution in [1.29, 1.82) is 0 Å². The highest BCUT2D eigenvalue weighted by Gasteiger charge is 2.11.